The number of aliphatic hydroxyl groups is 1. The van der Waals surface area contributed by atoms with Crippen LogP contribution in [0.5, 0.6) is 0 Å². The summed E-state index contributed by atoms with van der Waals surface area (Å²) >= 11 is 0. The minimum atomic E-state index is -0.485. The van der Waals surface area contributed by atoms with Gasteiger partial charge in [-0.15, -0.1) is 0 Å². The minimum Gasteiger partial charge on any atom is -0.389 e. The Kier molecular flexibility index (Phi) is 8.37. The molecule has 20 heavy (non-hydrogen) atoms. The molecule has 1 rings (SSSR count). The van der Waals surface area contributed by atoms with Crippen molar-refractivity contribution in [2.75, 3.05) is 33.4 Å². The zero-order valence-corrected chi connectivity index (χ0v) is 12.7. The average molecular weight is 282 g/mol. The number of aliphatic hydroxyl groups excluding tert-OH is 1. The number of pyridine rings is 1. The van der Waals surface area contributed by atoms with E-state index in [1.807, 2.05) is 33.0 Å². The molecule has 1 aromatic heterocycles. The first-order valence-corrected chi connectivity index (χ1v) is 7.02. The summed E-state index contributed by atoms with van der Waals surface area (Å²) in [7, 11) is 1.98. The van der Waals surface area contributed by atoms with E-state index in [4.69, 9.17) is 9.47 Å². The van der Waals surface area contributed by atoms with Crippen LogP contribution in [0.15, 0.2) is 24.5 Å². The summed E-state index contributed by atoms with van der Waals surface area (Å²) in [5.41, 5.74) is 1.18. The molecule has 0 aliphatic rings. The quantitative estimate of drug-likeness (QED) is 0.656. The average Bonchev–Trinajstić information content (AvgIpc) is 2.38. The van der Waals surface area contributed by atoms with Gasteiger partial charge in [0, 0.05) is 25.5 Å². The summed E-state index contributed by atoms with van der Waals surface area (Å²) in [6.45, 7) is 6.76. The van der Waals surface area contributed by atoms with Crippen LogP contribution in [0.1, 0.15) is 19.4 Å². The van der Waals surface area contributed by atoms with E-state index in [1.54, 1.807) is 12.4 Å². The van der Waals surface area contributed by atoms with Gasteiger partial charge in [-0.3, -0.25) is 9.88 Å². The molecule has 0 unspecified atom stereocenters. The third kappa shape index (κ3) is 8.22. The van der Waals surface area contributed by atoms with Gasteiger partial charge in [-0.25, -0.2) is 0 Å². The second-order valence-corrected chi connectivity index (χ2v) is 5.20. The van der Waals surface area contributed by atoms with Crippen molar-refractivity contribution in [1.82, 2.24) is 9.88 Å². The summed E-state index contributed by atoms with van der Waals surface area (Å²) in [5.74, 6) is 0. The zero-order chi connectivity index (χ0) is 14.8. The van der Waals surface area contributed by atoms with E-state index in [1.165, 1.54) is 5.56 Å². The van der Waals surface area contributed by atoms with Crippen LogP contribution < -0.4 is 0 Å². The van der Waals surface area contributed by atoms with Gasteiger partial charge in [0.15, 0.2) is 0 Å². The van der Waals surface area contributed by atoms with Crippen molar-refractivity contribution in [1.29, 1.82) is 0 Å². The molecule has 0 aromatic carbocycles. The fourth-order valence-electron chi connectivity index (χ4n) is 1.84. The number of hydrogen-bond donors (Lipinski definition) is 1. The lowest BCUT2D eigenvalue weighted by molar-refractivity contribution is -0.0174. The number of likely N-dealkylation sites (N-methyl/N-ethyl adjacent to an activating group) is 1. The highest BCUT2D eigenvalue weighted by atomic mass is 16.5. The fraction of sp³-hybridized carbons (Fsp3) is 0.667. The molecule has 1 N–H and O–H groups in total. The van der Waals surface area contributed by atoms with E-state index >= 15 is 0 Å². The Morgan fingerprint density at radius 2 is 1.95 bits per heavy atom. The lowest BCUT2D eigenvalue weighted by atomic mass is 10.2. The van der Waals surface area contributed by atoms with Crippen LogP contribution in [0.3, 0.4) is 0 Å². The molecule has 0 fully saturated rings. The van der Waals surface area contributed by atoms with Crippen LogP contribution in [-0.4, -0.2) is 60.6 Å². The molecular formula is C15H26N2O3. The Balaban J connectivity index is 2.10. The van der Waals surface area contributed by atoms with Gasteiger partial charge in [-0.05, 0) is 38.6 Å². The highest BCUT2D eigenvalue weighted by molar-refractivity contribution is 5.09. The molecule has 0 spiro atoms. The second-order valence-electron chi connectivity index (χ2n) is 5.20. The van der Waals surface area contributed by atoms with Gasteiger partial charge in [0.25, 0.3) is 0 Å². The Morgan fingerprint density at radius 1 is 1.25 bits per heavy atom. The molecule has 0 saturated carbocycles. The maximum Gasteiger partial charge on any atom is 0.0900 e. The summed E-state index contributed by atoms with van der Waals surface area (Å²) in [6.07, 6.45) is 3.28. The molecular weight excluding hydrogens is 256 g/mol. The lowest BCUT2D eigenvalue weighted by Crippen LogP contribution is -2.32. The number of rotatable bonds is 10. The molecule has 5 heteroatoms. The molecule has 0 bridgehead atoms. The molecule has 1 aromatic rings. The summed E-state index contributed by atoms with van der Waals surface area (Å²) in [4.78, 5) is 6.05. The topological polar surface area (TPSA) is 54.8 Å². The van der Waals surface area contributed by atoms with Gasteiger partial charge in [0.1, 0.15) is 0 Å². The monoisotopic (exact) mass is 282 g/mol. The van der Waals surface area contributed by atoms with Crippen LogP contribution in [0.2, 0.25) is 0 Å². The van der Waals surface area contributed by atoms with E-state index in [9.17, 15) is 5.11 Å². The first-order valence-electron chi connectivity index (χ1n) is 7.02. The first-order chi connectivity index (χ1) is 9.58. The van der Waals surface area contributed by atoms with Crippen molar-refractivity contribution in [3.63, 3.8) is 0 Å². The number of ether oxygens (including phenoxy) is 2. The largest absolute Gasteiger partial charge is 0.389 e. The molecule has 0 radical (unpaired) electrons. The van der Waals surface area contributed by atoms with E-state index < -0.39 is 6.10 Å². The van der Waals surface area contributed by atoms with Crippen molar-refractivity contribution < 1.29 is 14.6 Å². The van der Waals surface area contributed by atoms with Crippen molar-refractivity contribution >= 4 is 0 Å². The Labute approximate surface area is 121 Å². The predicted molar refractivity (Wildman–Crippen MR) is 78.5 cm³/mol. The van der Waals surface area contributed by atoms with Crippen LogP contribution in [0.25, 0.3) is 0 Å². The van der Waals surface area contributed by atoms with E-state index in [0.717, 1.165) is 6.54 Å². The maximum absolute atomic E-state index is 9.89. The normalized spacial score (nSPS) is 13.1. The Morgan fingerprint density at radius 3 is 2.60 bits per heavy atom. The van der Waals surface area contributed by atoms with Crippen LogP contribution in [0.4, 0.5) is 0 Å². The summed E-state index contributed by atoms with van der Waals surface area (Å²) in [6, 6.07) is 3.95. The zero-order valence-electron chi connectivity index (χ0n) is 12.7. The molecule has 0 aliphatic heterocycles. The minimum absolute atomic E-state index is 0.218. The van der Waals surface area contributed by atoms with Gasteiger partial charge in [-0.2, -0.15) is 0 Å². The maximum atomic E-state index is 9.89. The van der Waals surface area contributed by atoms with Crippen LogP contribution in [0, 0.1) is 0 Å². The molecule has 1 heterocycles. The van der Waals surface area contributed by atoms with E-state index in [0.29, 0.717) is 26.4 Å². The van der Waals surface area contributed by atoms with Crippen molar-refractivity contribution in [2.45, 2.75) is 32.6 Å². The highest BCUT2D eigenvalue weighted by Gasteiger charge is 2.09. The molecule has 1 atom stereocenters. The van der Waals surface area contributed by atoms with E-state index in [-0.39, 0.29) is 6.10 Å². The van der Waals surface area contributed by atoms with Crippen molar-refractivity contribution in [2.24, 2.45) is 0 Å². The number of hydrogen-bond acceptors (Lipinski definition) is 5. The van der Waals surface area contributed by atoms with Gasteiger partial charge in [0.05, 0.1) is 32.0 Å². The fourth-order valence-corrected chi connectivity index (χ4v) is 1.84. The predicted octanol–water partition coefficient (Wildman–Crippen LogP) is 1.32. The second kappa shape index (κ2) is 9.83. The van der Waals surface area contributed by atoms with Crippen molar-refractivity contribution in [3.8, 4) is 0 Å². The Hall–Kier alpha value is -1.01. The number of aromatic nitrogens is 1. The lowest BCUT2D eigenvalue weighted by Gasteiger charge is -2.20. The van der Waals surface area contributed by atoms with Gasteiger partial charge in [0.2, 0.25) is 0 Å². The van der Waals surface area contributed by atoms with Gasteiger partial charge < -0.3 is 14.6 Å². The third-order valence-corrected chi connectivity index (χ3v) is 2.71. The SMILES string of the molecule is CC(C)OCCOC[C@@H](O)CN(C)Cc1ccncc1. The molecule has 114 valence electrons. The van der Waals surface area contributed by atoms with Crippen molar-refractivity contribution in [3.05, 3.63) is 30.1 Å². The molecule has 0 amide bonds. The van der Waals surface area contributed by atoms with E-state index in [2.05, 4.69) is 9.88 Å². The first kappa shape index (κ1) is 17.0. The molecule has 5 nitrogen and oxygen atoms in total. The molecule has 0 aliphatic carbocycles. The van der Waals surface area contributed by atoms with Crippen LogP contribution in [-0.2, 0) is 16.0 Å². The summed E-state index contributed by atoms with van der Waals surface area (Å²) in [5, 5.41) is 9.89. The highest BCUT2D eigenvalue weighted by Crippen LogP contribution is 2.02. The smallest absolute Gasteiger partial charge is 0.0900 e. The summed E-state index contributed by atoms with van der Waals surface area (Å²) < 4.78 is 10.7. The Bertz CT molecular complexity index is 346. The third-order valence-electron chi connectivity index (χ3n) is 2.71. The molecule has 0 saturated heterocycles. The van der Waals surface area contributed by atoms with Gasteiger partial charge in [-0.1, -0.05) is 0 Å². The van der Waals surface area contributed by atoms with Crippen LogP contribution >= 0.6 is 0 Å². The van der Waals surface area contributed by atoms with Gasteiger partial charge >= 0.3 is 0 Å². The standard InChI is InChI=1S/C15H26N2O3/c1-13(2)20-9-8-19-12-15(18)11-17(3)10-14-4-6-16-7-5-14/h4-7,13,15,18H,8-12H2,1-3H3/t15-/m0/s1. The number of nitrogens with zero attached hydrogens (tertiary/aromatic N) is 2.